The van der Waals surface area contributed by atoms with E-state index in [1.165, 1.54) is 0 Å². The van der Waals surface area contributed by atoms with Crippen molar-refractivity contribution in [1.29, 1.82) is 0 Å². The number of nitrogens with one attached hydrogen (secondary N) is 2. The van der Waals surface area contributed by atoms with E-state index in [1.54, 1.807) is 22.4 Å². The van der Waals surface area contributed by atoms with E-state index in [0.717, 1.165) is 5.56 Å². The van der Waals surface area contributed by atoms with Gasteiger partial charge in [0.05, 0.1) is 5.92 Å². The number of piperidine rings is 1. The number of aliphatic carboxylic acids is 1. The number of amides is 1. The van der Waals surface area contributed by atoms with Crippen LogP contribution in [0.5, 0.6) is 0 Å². The maximum Gasteiger partial charge on any atom is 0.307 e. The van der Waals surface area contributed by atoms with Gasteiger partial charge in [0.1, 0.15) is 17.2 Å². The van der Waals surface area contributed by atoms with Crippen LogP contribution in [0.2, 0.25) is 0 Å². The molecule has 1 fully saturated rings. The summed E-state index contributed by atoms with van der Waals surface area (Å²) in [5.41, 5.74) is 1.27. The summed E-state index contributed by atoms with van der Waals surface area (Å²) in [5.74, 6) is -0.112. The second-order valence-corrected chi connectivity index (χ2v) is 10.9. The average Bonchev–Trinajstić information content (AvgIpc) is 3.28. The molecule has 1 amide bonds. The smallest absolute Gasteiger partial charge is 0.307 e. The van der Waals surface area contributed by atoms with Crippen molar-refractivity contribution >= 4 is 29.0 Å². The van der Waals surface area contributed by atoms with Gasteiger partial charge in [0, 0.05) is 43.8 Å². The molecule has 0 bridgehead atoms. The molecule has 1 saturated heterocycles. The second kappa shape index (κ2) is 10.6. The Labute approximate surface area is 199 Å². The Morgan fingerprint density at radius 2 is 2.09 bits per heavy atom. The molecule has 0 radical (unpaired) electrons. The van der Waals surface area contributed by atoms with Crippen molar-refractivity contribution < 1.29 is 14.7 Å². The van der Waals surface area contributed by atoms with E-state index in [4.69, 9.17) is 4.98 Å². The molecule has 2 atom stereocenters. The first-order chi connectivity index (χ1) is 15.6. The zero-order valence-electron chi connectivity index (χ0n) is 20.1. The lowest BCUT2D eigenvalue weighted by Gasteiger charge is -2.38. The fourth-order valence-electron chi connectivity index (χ4n) is 3.90. The summed E-state index contributed by atoms with van der Waals surface area (Å²) in [4.78, 5) is 36.5. The van der Waals surface area contributed by atoms with E-state index >= 15 is 0 Å². The summed E-state index contributed by atoms with van der Waals surface area (Å²) in [7, 11) is 0. The molecule has 0 aliphatic carbocycles. The zero-order chi connectivity index (χ0) is 24.2. The molecule has 2 aromatic heterocycles. The number of carboxylic acid groups (broad SMARTS) is 1. The Kier molecular flexibility index (Phi) is 8.07. The third-order valence-corrected chi connectivity index (χ3v) is 6.40. The highest BCUT2D eigenvalue weighted by atomic mass is 32.1. The van der Waals surface area contributed by atoms with Crippen molar-refractivity contribution in [3.63, 3.8) is 0 Å². The minimum atomic E-state index is -0.833. The fraction of sp³-hybridized carbons (Fsp3) is 0.583. The number of thiophene rings is 1. The normalized spacial score (nSPS) is 18.8. The maximum absolute atomic E-state index is 13.8. The average molecular weight is 474 g/mol. The number of hydrogen-bond acceptors (Lipinski definition) is 7. The van der Waals surface area contributed by atoms with Crippen LogP contribution in [0.3, 0.4) is 0 Å². The molecule has 8 nitrogen and oxygen atoms in total. The Morgan fingerprint density at radius 1 is 1.33 bits per heavy atom. The van der Waals surface area contributed by atoms with Crippen molar-refractivity contribution in [1.82, 2.24) is 20.2 Å². The number of carboxylic acids is 1. The van der Waals surface area contributed by atoms with Gasteiger partial charge in [0.15, 0.2) is 0 Å². The number of aromatic nitrogens is 2. The van der Waals surface area contributed by atoms with Crippen LogP contribution in [0, 0.1) is 11.8 Å². The van der Waals surface area contributed by atoms with Crippen molar-refractivity contribution in [2.45, 2.75) is 59.0 Å². The lowest BCUT2D eigenvalue weighted by molar-refractivity contribution is -0.142. The highest BCUT2D eigenvalue weighted by Crippen LogP contribution is 2.26. The van der Waals surface area contributed by atoms with Crippen LogP contribution in [-0.2, 0) is 16.8 Å². The van der Waals surface area contributed by atoms with Gasteiger partial charge in [0.25, 0.3) is 5.91 Å². The first-order valence-electron chi connectivity index (χ1n) is 11.4. The van der Waals surface area contributed by atoms with Gasteiger partial charge < -0.3 is 20.6 Å². The Balaban J connectivity index is 1.94. The molecule has 0 saturated carbocycles. The summed E-state index contributed by atoms with van der Waals surface area (Å²) >= 11 is 1.62. The zero-order valence-corrected chi connectivity index (χ0v) is 20.9. The molecule has 33 heavy (non-hydrogen) atoms. The van der Waals surface area contributed by atoms with Crippen molar-refractivity contribution in [2.75, 3.05) is 25.0 Å². The van der Waals surface area contributed by atoms with Gasteiger partial charge in [-0.3, -0.25) is 9.59 Å². The predicted molar refractivity (Wildman–Crippen MR) is 131 cm³/mol. The SMILES string of the molecule is CC(C)CN(C(=O)c1cnc(C(C)(C)C)nc1NCc1ccsc1)C1CNCC(C(=O)O)C1. The molecule has 3 heterocycles. The molecule has 2 aromatic rings. The highest BCUT2D eigenvalue weighted by Gasteiger charge is 2.34. The van der Waals surface area contributed by atoms with Crippen LogP contribution in [-0.4, -0.2) is 57.5 Å². The van der Waals surface area contributed by atoms with Crippen molar-refractivity contribution in [3.05, 3.63) is 40.0 Å². The number of anilines is 1. The lowest BCUT2D eigenvalue weighted by Crippen LogP contribution is -2.53. The van der Waals surface area contributed by atoms with E-state index < -0.39 is 11.9 Å². The van der Waals surface area contributed by atoms with Gasteiger partial charge in [0.2, 0.25) is 0 Å². The molecule has 1 aliphatic heterocycles. The van der Waals surface area contributed by atoms with E-state index in [-0.39, 0.29) is 23.3 Å². The lowest BCUT2D eigenvalue weighted by atomic mass is 9.93. The summed E-state index contributed by atoms with van der Waals surface area (Å²) in [6.45, 7) is 12.3. The summed E-state index contributed by atoms with van der Waals surface area (Å²) in [6, 6.07) is 1.83. The molecule has 3 rings (SSSR count). The first-order valence-corrected chi connectivity index (χ1v) is 12.4. The first kappa shape index (κ1) is 25.1. The molecule has 9 heteroatoms. The second-order valence-electron chi connectivity index (χ2n) is 10.1. The molecular weight excluding hydrogens is 438 g/mol. The molecule has 3 N–H and O–H groups in total. The quantitative estimate of drug-likeness (QED) is 0.538. The topological polar surface area (TPSA) is 107 Å². The Hall–Kier alpha value is -2.52. The van der Waals surface area contributed by atoms with Crippen LogP contribution < -0.4 is 10.6 Å². The third-order valence-electron chi connectivity index (χ3n) is 5.67. The predicted octanol–water partition coefficient (Wildman–Crippen LogP) is 3.61. The van der Waals surface area contributed by atoms with E-state index in [0.29, 0.717) is 49.8 Å². The van der Waals surface area contributed by atoms with Crippen molar-refractivity contribution in [2.24, 2.45) is 11.8 Å². The van der Waals surface area contributed by atoms with E-state index in [2.05, 4.69) is 34.8 Å². The molecule has 1 aliphatic rings. The minimum absolute atomic E-state index is 0.171. The van der Waals surface area contributed by atoms with Gasteiger partial charge in [-0.05, 0) is 34.7 Å². The maximum atomic E-state index is 13.8. The van der Waals surface area contributed by atoms with E-state index in [9.17, 15) is 14.7 Å². The number of nitrogens with zero attached hydrogens (tertiary/aromatic N) is 3. The van der Waals surface area contributed by atoms with Crippen LogP contribution in [0.15, 0.2) is 23.0 Å². The third kappa shape index (κ3) is 6.51. The summed E-state index contributed by atoms with van der Waals surface area (Å²) < 4.78 is 0. The van der Waals surface area contributed by atoms with Gasteiger partial charge in [-0.15, -0.1) is 0 Å². The van der Waals surface area contributed by atoms with Crippen LogP contribution in [0.4, 0.5) is 5.82 Å². The van der Waals surface area contributed by atoms with Gasteiger partial charge in [-0.1, -0.05) is 34.6 Å². The standard InChI is InChI=1S/C24H35N5O3S/c1-15(2)13-29(18-8-17(22(31)32)10-25-11-18)21(30)19-12-27-23(24(3,4)5)28-20(19)26-9-16-6-7-33-14-16/h6-7,12,14-15,17-18,25H,8-11,13H2,1-5H3,(H,31,32)(H,26,27,28). The molecule has 0 aromatic carbocycles. The fourth-order valence-corrected chi connectivity index (χ4v) is 4.57. The van der Waals surface area contributed by atoms with Crippen LogP contribution in [0.1, 0.15) is 62.8 Å². The number of carbonyl (C=O) groups is 2. The molecule has 180 valence electrons. The minimum Gasteiger partial charge on any atom is -0.481 e. The van der Waals surface area contributed by atoms with Crippen molar-refractivity contribution in [3.8, 4) is 0 Å². The summed E-state index contributed by atoms with van der Waals surface area (Å²) in [6.07, 6.45) is 2.05. The monoisotopic (exact) mass is 473 g/mol. The molecular formula is C24H35N5O3S. The van der Waals surface area contributed by atoms with Gasteiger partial charge in [-0.25, -0.2) is 9.97 Å². The summed E-state index contributed by atoms with van der Waals surface area (Å²) in [5, 5.41) is 20.1. The molecule has 0 spiro atoms. The largest absolute Gasteiger partial charge is 0.481 e. The van der Waals surface area contributed by atoms with E-state index in [1.807, 2.05) is 32.2 Å². The molecule has 2 unspecified atom stereocenters. The van der Waals surface area contributed by atoms with Crippen LogP contribution in [0.25, 0.3) is 0 Å². The van der Waals surface area contributed by atoms with Crippen LogP contribution >= 0.6 is 11.3 Å². The highest BCUT2D eigenvalue weighted by molar-refractivity contribution is 7.07. The number of carbonyl (C=O) groups excluding carboxylic acids is 1. The van der Waals surface area contributed by atoms with Gasteiger partial charge in [-0.2, -0.15) is 11.3 Å². The number of hydrogen-bond donors (Lipinski definition) is 3. The number of rotatable bonds is 8. The van der Waals surface area contributed by atoms with Gasteiger partial charge >= 0.3 is 5.97 Å². The Bertz CT molecular complexity index is 956. The Morgan fingerprint density at radius 3 is 2.70 bits per heavy atom.